The van der Waals surface area contributed by atoms with Gasteiger partial charge in [-0.15, -0.1) is 0 Å². The van der Waals surface area contributed by atoms with Gasteiger partial charge >= 0.3 is 0 Å². The molecular weight excluding hydrogens is 568 g/mol. The highest BCUT2D eigenvalue weighted by Crippen LogP contribution is 2.38. The molecule has 0 spiro atoms. The quantitative estimate of drug-likeness (QED) is 0.115. The number of aliphatic hydroxyl groups is 1. The van der Waals surface area contributed by atoms with Gasteiger partial charge in [-0.3, -0.25) is 0 Å². The minimum Gasteiger partial charge on any atom is -0.392 e. The Kier molecular flexibility index (Phi) is 16.3. The maximum atomic E-state index is 9.60. The molecule has 1 saturated heterocycles. The average molecular weight is 629 g/mol. The zero-order valence-electron chi connectivity index (χ0n) is 28.7. The Morgan fingerprint density at radius 3 is 1.89 bits per heavy atom. The lowest BCUT2D eigenvalue weighted by atomic mass is 9.98. The summed E-state index contributed by atoms with van der Waals surface area (Å²) in [7, 11) is 0. The summed E-state index contributed by atoms with van der Waals surface area (Å²) in [5.74, 6) is 0. The lowest BCUT2D eigenvalue weighted by Gasteiger charge is -2.38. The molecule has 1 heterocycles. The van der Waals surface area contributed by atoms with Gasteiger partial charge in [-0.05, 0) is 59.8 Å². The number of ether oxygens (including phenoxy) is 2. The molecule has 4 rings (SSSR count). The van der Waals surface area contributed by atoms with Crippen molar-refractivity contribution in [2.45, 2.75) is 129 Å². The fourth-order valence-corrected chi connectivity index (χ4v) is 6.56. The third-order valence-electron chi connectivity index (χ3n) is 9.41. The number of aliphatic hydroxyl groups excluding tert-OH is 1. The standard InChI is InChI=1S/C41H60N2O3/c1-3-5-7-9-11-13-26-43(27-14-12-10-8-6-4-2)31-39-29-40(36-20-18-33(32-44)19-21-36)46-41(45-39)37-24-22-35(23-25-37)38-17-15-16-34(28-38)30-42/h15-25,28,39-41,44H,3-14,26-27,29-32,42H2,1-2H3. The minimum absolute atomic E-state index is 0.0482. The number of hydrogen-bond acceptors (Lipinski definition) is 5. The molecule has 3 N–H and O–H groups in total. The summed E-state index contributed by atoms with van der Waals surface area (Å²) in [6.45, 7) is 8.36. The van der Waals surface area contributed by atoms with Gasteiger partial charge in [0.15, 0.2) is 6.29 Å². The van der Waals surface area contributed by atoms with Crippen molar-refractivity contribution in [3.63, 3.8) is 0 Å². The van der Waals surface area contributed by atoms with Gasteiger partial charge in [0.05, 0.1) is 18.8 Å². The van der Waals surface area contributed by atoms with Gasteiger partial charge in [0, 0.05) is 25.1 Å². The van der Waals surface area contributed by atoms with Crippen LogP contribution in [0.5, 0.6) is 0 Å². The van der Waals surface area contributed by atoms with E-state index in [1.807, 2.05) is 12.1 Å². The molecule has 3 unspecified atom stereocenters. The molecule has 252 valence electrons. The second-order valence-electron chi connectivity index (χ2n) is 13.2. The first-order valence-electron chi connectivity index (χ1n) is 18.3. The van der Waals surface area contributed by atoms with Gasteiger partial charge in [-0.2, -0.15) is 0 Å². The van der Waals surface area contributed by atoms with Gasteiger partial charge in [-0.1, -0.05) is 145 Å². The van der Waals surface area contributed by atoms with Crippen molar-refractivity contribution in [1.82, 2.24) is 4.90 Å². The van der Waals surface area contributed by atoms with Crippen molar-refractivity contribution in [1.29, 1.82) is 0 Å². The number of hydrogen-bond donors (Lipinski definition) is 2. The van der Waals surface area contributed by atoms with E-state index in [2.05, 4.69) is 79.4 Å². The zero-order chi connectivity index (χ0) is 32.4. The summed E-state index contributed by atoms with van der Waals surface area (Å²) >= 11 is 0. The van der Waals surface area contributed by atoms with E-state index in [1.54, 1.807) is 0 Å². The molecule has 0 saturated carbocycles. The van der Waals surface area contributed by atoms with Crippen LogP contribution in [0.3, 0.4) is 0 Å². The van der Waals surface area contributed by atoms with Crippen LogP contribution in [0.4, 0.5) is 0 Å². The third kappa shape index (κ3) is 11.9. The van der Waals surface area contributed by atoms with Crippen LogP contribution >= 0.6 is 0 Å². The Balaban J connectivity index is 1.47. The van der Waals surface area contributed by atoms with Crippen molar-refractivity contribution < 1.29 is 14.6 Å². The van der Waals surface area contributed by atoms with Crippen LogP contribution in [0.1, 0.15) is 132 Å². The van der Waals surface area contributed by atoms with Crippen molar-refractivity contribution in [2.75, 3.05) is 19.6 Å². The molecule has 0 radical (unpaired) electrons. The molecule has 3 aromatic carbocycles. The maximum Gasteiger partial charge on any atom is 0.184 e. The fraction of sp³-hybridized carbons (Fsp3) is 0.561. The molecule has 0 aromatic heterocycles. The molecule has 3 aromatic rings. The predicted molar refractivity (Wildman–Crippen MR) is 191 cm³/mol. The summed E-state index contributed by atoms with van der Waals surface area (Å²) in [4.78, 5) is 2.67. The van der Waals surface area contributed by atoms with Crippen LogP contribution in [0.15, 0.2) is 72.8 Å². The normalized spacial score (nSPS) is 18.3. The van der Waals surface area contributed by atoms with Crippen molar-refractivity contribution >= 4 is 0 Å². The Morgan fingerprint density at radius 1 is 0.674 bits per heavy atom. The number of nitrogens with zero attached hydrogens (tertiary/aromatic N) is 1. The van der Waals surface area contributed by atoms with Crippen LogP contribution in [-0.4, -0.2) is 35.7 Å². The summed E-state index contributed by atoms with van der Waals surface area (Å²) in [6, 6.07) is 25.3. The van der Waals surface area contributed by atoms with Crippen molar-refractivity contribution in [3.05, 3.63) is 95.1 Å². The lowest BCUT2D eigenvalue weighted by molar-refractivity contribution is -0.253. The monoisotopic (exact) mass is 628 g/mol. The van der Waals surface area contributed by atoms with Crippen LogP contribution in [0.2, 0.25) is 0 Å². The molecule has 0 bridgehead atoms. The molecule has 1 aliphatic heterocycles. The van der Waals surface area contributed by atoms with Crippen LogP contribution in [-0.2, 0) is 22.6 Å². The van der Waals surface area contributed by atoms with Gasteiger partial charge in [-0.25, -0.2) is 0 Å². The van der Waals surface area contributed by atoms with E-state index in [0.717, 1.165) is 53.9 Å². The Bertz CT molecular complexity index is 1210. The van der Waals surface area contributed by atoms with Crippen LogP contribution < -0.4 is 5.73 Å². The molecule has 0 amide bonds. The van der Waals surface area contributed by atoms with Gasteiger partial charge < -0.3 is 25.2 Å². The minimum atomic E-state index is -0.435. The van der Waals surface area contributed by atoms with Gasteiger partial charge in [0.2, 0.25) is 0 Å². The summed E-state index contributed by atoms with van der Waals surface area (Å²) < 4.78 is 13.5. The third-order valence-corrected chi connectivity index (χ3v) is 9.41. The second-order valence-corrected chi connectivity index (χ2v) is 13.2. The number of unbranched alkanes of at least 4 members (excludes halogenated alkanes) is 10. The summed E-state index contributed by atoms with van der Waals surface area (Å²) in [6.07, 6.45) is 16.2. The van der Waals surface area contributed by atoms with Crippen LogP contribution in [0, 0.1) is 0 Å². The second kappa shape index (κ2) is 20.6. The van der Waals surface area contributed by atoms with Crippen molar-refractivity contribution in [3.8, 4) is 11.1 Å². The fourth-order valence-electron chi connectivity index (χ4n) is 6.56. The molecule has 3 atom stereocenters. The molecule has 0 aliphatic carbocycles. The largest absolute Gasteiger partial charge is 0.392 e. The molecule has 5 heteroatoms. The van der Waals surface area contributed by atoms with E-state index in [1.165, 1.54) is 82.6 Å². The SMILES string of the molecule is CCCCCCCCN(CCCCCCCC)CC1CC(c2ccc(CO)cc2)OC(c2ccc(-c3cccc(CN)c3)cc2)O1. The van der Waals surface area contributed by atoms with Crippen molar-refractivity contribution in [2.24, 2.45) is 5.73 Å². The maximum absolute atomic E-state index is 9.60. The van der Waals surface area contributed by atoms with Gasteiger partial charge in [0.25, 0.3) is 0 Å². The van der Waals surface area contributed by atoms with E-state index in [0.29, 0.717) is 6.54 Å². The number of nitrogens with two attached hydrogens (primary N) is 1. The summed E-state index contributed by atoms with van der Waals surface area (Å²) in [5.41, 5.74) is 12.5. The Labute approximate surface area is 279 Å². The smallest absolute Gasteiger partial charge is 0.184 e. The molecular formula is C41H60N2O3. The zero-order valence-corrected chi connectivity index (χ0v) is 28.7. The highest BCUT2D eigenvalue weighted by Gasteiger charge is 2.33. The predicted octanol–water partition coefficient (Wildman–Crippen LogP) is 9.87. The molecule has 5 nitrogen and oxygen atoms in total. The molecule has 46 heavy (non-hydrogen) atoms. The number of rotatable bonds is 21. The Morgan fingerprint density at radius 2 is 1.28 bits per heavy atom. The van der Waals surface area contributed by atoms with E-state index < -0.39 is 6.29 Å². The lowest BCUT2D eigenvalue weighted by Crippen LogP contribution is -2.40. The first kappa shape index (κ1) is 36.3. The summed E-state index contributed by atoms with van der Waals surface area (Å²) in [5, 5.41) is 9.60. The van der Waals surface area contributed by atoms with E-state index in [4.69, 9.17) is 15.2 Å². The highest BCUT2D eigenvalue weighted by molar-refractivity contribution is 5.64. The number of benzene rings is 3. The first-order chi connectivity index (χ1) is 22.6. The first-order valence-corrected chi connectivity index (χ1v) is 18.3. The topological polar surface area (TPSA) is 68.0 Å². The van der Waals surface area contributed by atoms with E-state index in [9.17, 15) is 5.11 Å². The molecule has 1 fully saturated rings. The highest BCUT2D eigenvalue weighted by atomic mass is 16.7. The van der Waals surface area contributed by atoms with Gasteiger partial charge in [0.1, 0.15) is 0 Å². The average Bonchev–Trinajstić information content (AvgIpc) is 3.11. The van der Waals surface area contributed by atoms with Crippen LogP contribution in [0.25, 0.3) is 11.1 Å². The van der Waals surface area contributed by atoms with E-state index in [-0.39, 0.29) is 18.8 Å². The molecule has 1 aliphatic rings. The van der Waals surface area contributed by atoms with E-state index >= 15 is 0 Å². The Hall–Kier alpha value is -2.54.